The molecule has 90 valence electrons. The summed E-state index contributed by atoms with van der Waals surface area (Å²) >= 11 is 1.02. The molecule has 4 nitrogen and oxygen atoms in total. The first kappa shape index (κ1) is 12.0. The van der Waals surface area contributed by atoms with Crippen molar-refractivity contribution < 1.29 is 14.7 Å². The lowest BCUT2D eigenvalue weighted by Crippen LogP contribution is -2.25. The Hall–Kier alpha value is -1.49. The topological polar surface area (TPSA) is 66.4 Å². The monoisotopic (exact) mass is 251 g/mol. The molecule has 5 heteroatoms. The summed E-state index contributed by atoms with van der Waals surface area (Å²) in [5.74, 6) is 0.0525. The summed E-state index contributed by atoms with van der Waals surface area (Å²) < 4.78 is 0. The Morgan fingerprint density at radius 1 is 1.29 bits per heavy atom. The molecule has 2 amide bonds. The van der Waals surface area contributed by atoms with Crippen LogP contribution in [-0.4, -0.2) is 21.5 Å². The van der Waals surface area contributed by atoms with Crippen molar-refractivity contribution in [3.63, 3.8) is 0 Å². The largest absolute Gasteiger partial charge is 0.507 e. The Morgan fingerprint density at radius 3 is 2.35 bits per heavy atom. The zero-order valence-corrected chi connectivity index (χ0v) is 10.4. The van der Waals surface area contributed by atoms with Crippen LogP contribution in [0.15, 0.2) is 12.1 Å². The van der Waals surface area contributed by atoms with Gasteiger partial charge in [0.1, 0.15) is 5.75 Å². The van der Waals surface area contributed by atoms with E-state index in [0.717, 1.165) is 28.5 Å². The van der Waals surface area contributed by atoms with E-state index in [1.165, 1.54) is 0 Å². The number of phenolic OH excluding ortho intramolecular Hbond substituents is 1. The maximum atomic E-state index is 11.4. The van der Waals surface area contributed by atoms with Gasteiger partial charge in [-0.05, 0) is 37.0 Å². The number of amides is 2. The number of nitrogens with one attached hydrogen (secondary N) is 1. The standard InChI is InChI=1S/C12H13NO3S/c1-6-3-8(4-7(2)10(6)14)5-9-11(15)13-12(16)17-9/h3-4,9,14H,5H2,1-2H3,(H,13,15,16). The number of hydrogen-bond donors (Lipinski definition) is 2. The van der Waals surface area contributed by atoms with Crippen molar-refractivity contribution in [3.8, 4) is 5.75 Å². The van der Waals surface area contributed by atoms with Gasteiger partial charge in [0.15, 0.2) is 0 Å². The van der Waals surface area contributed by atoms with Crippen LogP contribution >= 0.6 is 11.8 Å². The lowest BCUT2D eigenvalue weighted by molar-refractivity contribution is -0.118. The van der Waals surface area contributed by atoms with Gasteiger partial charge in [-0.2, -0.15) is 0 Å². The normalized spacial score (nSPS) is 19.5. The second-order valence-electron chi connectivity index (χ2n) is 4.17. The summed E-state index contributed by atoms with van der Waals surface area (Å²) in [6.07, 6.45) is 0.504. The zero-order valence-electron chi connectivity index (χ0n) is 9.61. The van der Waals surface area contributed by atoms with Gasteiger partial charge in [-0.15, -0.1) is 0 Å². The number of thioether (sulfide) groups is 1. The minimum atomic E-state index is -0.356. The van der Waals surface area contributed by atoms with Crippen molar-refractivity contribution >= 4 is 22.9 Å². The first-order chi connectivity index (χ1) is 7.97. The minimum absolute atomic E-state index is 0.233. The fourth-order valence-corrected chi connectivity index (χ4v) is 2.76. The van der Waals surface area contributed by atoms with Gasteiger partial charge in [0.25, 0.3) is 5.24 Å². The van der Waals surface area contributed by atoms with Crippen LogP contribution in [0.5, 0.6) is 5.75 Å². The van der Waals surface area contributed by atoms with Gasteiger partial charge in [-0.1, -0.05) is 23.9 Å². The van der Waals surface area contributed by atoms with Crippen LogP contribution in [0.4, 0.5) is 4.79 Å². The second-order valence-corrected chi connectivity index (χ2v) is 5.34. The van der Waals surface area contributed by atoms with Gasteiger partial charge in [-0.3, -0.25) is 14.9 Å². The molecule has 1 aromatic carbocycles. The van der Waals surface area contributed by atoms with Crippen LogP contribution in [0, 0.1) is 13.8 Å². The molecule has 1 atom stereocenters. The third-order valence-corrected chi connectivity index (χ3v) is 3.72. The Morgan fingerprint density at radius 2 is 1.88 bits per heavy atom. The summed E-state index contributed by atoms with van der Waals surface area (Å²) in [5, 5.41) is 11.3. The van der Waals surface area contributed by atoms with Gasteiger partial charge < -0.3 is 5.11 Å². The van der Waals surface area contributed by atoms with Crippen LogP contribution in [0.1, 0.15) is 16.7 Å². The summed E-state index contributed by atoms with van der Waals surface area (Å²) in [7, 11) is 0. The highest BCUT2D eigenvalue weighted by atomic mass is 32.2. The Bertz CT molecular complexity index is 476. The maximum Gasteiger partial charge on any atom is 0.286 e. The molecular formula is C12H13NO3S. The average molecular weight is 251 g/mol. The molecule has 1 aliphatic heterocycles. The van der Waals surface area contributed by atoms with E-state index >= 15 is 0 Å². The second kappa shape index (κ2) is 4.41. The van der Waals surface area contributed by atoms with E-state index in [2.05, 4.69) is 5.32 Å². The molecule has 2 rings (SSSR count). The first-order valence-electron chi connectivity index (χ1n) is 5.28. The van der Waals surface area contributed by atoms with E-state index in [1.807, 2.05) is 26.0 Å². The van der Waals surface area contributed by atoms with Crippen LogP contribution < -0.4 is 5.32 Å². The SMILES string of the molecule is Cc1cc(CC2SC(=O)NC2=O)cc(C)c1O. The smallest absolute Gasteiger partial charge is 0.286 e. The van der Waals surface area contributed by atoms with Crippen molar-refractivity contribution in [2.24, 2.45) is 0 Å². The molecule has 0 radical (unpaired) electrons. The van der Waals surface area contributed by atoms with Crippen molar-refractivity contribution in [2.75, 3.05) is 0 Å². The van der Waals surface area contributed by atoms with Crippen molar-refractivity contribution in [1.29, 1.82) is 0 Å². The number of phenols is 1. The predicted octanol–water partition coefficient (Wildman–Crippen LogP) is 1.90. The Labute approximate surface area is 103 Å². The molecule has 1 aromatic rings. The highest BCUT2D eigenvalue weighted by Crippen LogP contribution is 2.27. The first-order valence-corrected chi connectivity index (χ1v) is 6.16. The number of benzene rings is 1. The number of imide groups is 1. The van der Waals surface area contributed by atoms with Crippen LogP contribution in [0.25, 0.3) is 0 Å². The molecule has 2 N–H and O–H groups in total. The van der Waals surface area contributed by atoms with Crippen molar-refractivity contribution in [2.45, 2.75) is 25.5 Å². The number of hydrogen-bond acceptors (Lipinski definition) is 4. The number of rotatable bonds is 2. The van der Waals surface area contributed by atoms with E-state index in [0.29, 0.717) is 6.42 Å². The van der Waals surface area contributed by atoms with Crippen molar-refractivity contribution in [3.05, 3.63) is 28.8 Å². The molecule has 1 unspecified atom stereocenters. The Kier molecular flexibility index (Phi) is 3.11. The van der Waals surface area contributed by atoms with Gasteiger partial charge in [0, 0.05) is 0 Å². The summed E-state index contributed by atoms with van der Waals surface area (Å²) in [6, 6.07) is 3.69. The molecule has 0 aliphatic carbocycles. The summed E-state index contributed by atoms with van der Waals surface area (Å²) in [6.45, 7) is 3.64. The van der Waals surface area contributed by atoms with Crippen LogP contribution in [-0.2, 0) is 11.2 Å². The summed E-state index contributed by atoms with van der Waals surface area (Å²) in [5.41, 5.74) is 2.53. The highest BCUT2D eigenvalue weighted by Gasteiger charge is 2.31. The highest BCUT2D eigenvalue weighted by molar-refractivity contribution is 8.15. The number of aromatic hydroxyl groups is 1. The van der Waals surface area contributed by atoms with E-state index in [4.69, 9.17) is 0 Å². The van der Waals surface area contributed by atoms with E-state index < -0.39 is 0 Å². The molecule has 0 aromatic heterocycles. The number of carbonyl (C=O) groups excluding carboxylic acids is 2. The van der Waals surface area contributed by atoms with Crippen LogP contribution in [0.3, 0.4) is 0 Å². The van der Waals surface area contributed by atoms with Gasteiger partial charge in [0.2, 0.25) is 5.91 Å². The lowest BCUT2D eigenvalue weighted by atomic mass is 10.0. The van der Waals surface area contributed by atoms with Gasteiger partial charge in [-0.25, -0.2) is 0 Å². The number of carbonyl (C=O) groups is 2. The molecule has 1 saturated heterocycles. The fraction of sp³-hybridized carbons (Fsp3) is 0.333. The number of aryl methyl sites for hydroxylation is 2. The molecule has 0 spiro atoms. The molecule has 1 fully saturated rings. The third kappa shape index (κ3) is 2.44. The molecule has 17 heavy (non-hydrogen) atoms. The third-order valence-electron chi connectivity index (χ3n) is 2.74. The maximum absolute atomic E-state index is 11.4. The van der Waals surface area contributed by atoms with Crippen molar-refractivity contribution in [1.82, 2.24) is 5.32 Å². The molecule has 1 aliphatic rings. The fourth-order valence-electron chi connectivity index (χ4n) is 1.91. The van der Waals surface area contributed by atoms with Gasteiger partial charge >= 0.3 is 0 Å². The van der Waals surface area contributed by atoms with Crippen LogP contribution in [0.2, 0.25) is 0 Å². The molecule has 0 bridgehead atoms. The minimum Gasteiger partial charge on any atom is -0.507 e. The quantitative estimate of drug-likeness (QED) is 0.842. The zero-order chi connectivity index (χ0) is 12.6. The van der Waals surface area contributed by atoms with Gasteiger partial charge in [0.05, 0.1) is 5.25 Å². The molecule has 0 saturated carbocycles. The molecular weight excluding hydrogens is 238 g/mol. The predicted molar refractivity (Wildman–Crippen MR) is 66.2 cm³/mol. The average Bonchev–Trinajstić information content (AvgIpc) is 2.54. The van der Waals surface area contributed by atoms with E-state index in [9.17, 15) is 14.7 Å². The lowest BCUT2D eigenvalue weighted by Gasteiger charge is -2.09. The van der Waals surface area contributed by atoms with E-state index in [1.54, 1.807) is 0 Å². The molecule has 1 heterocycles. The van der Waals surface area contributed by atoms with E-state index in [-0.39, 0.29) is 22.1 Å². The summed E-state index contributed by atoms with van der Waals surface area (Å²) in [4.78, 5) is 22.5. The Balaban J connectivity index is 2.19.